The Labute approximate surface area is 79.7 Å². The van der Waals surface area contributed by atoms with Gasteiger partial charge in [0.05, 0.1) is 0 Å². The Hall–Kier alpha value is -1.06. The maximum atomic E-state index is 4.19. The van der Waals surface area contributed by atoms with E-state index in [0.29, 0.717) is 6.04 Å². The summed E-state index contributed by atoms with van der Waals surface area (Å²) in [6, 6.07) is 0.347. The first-order valence-corrected chi connectivity index (χ1v) is 4.79. The molecule has 74 valence electrons. The van der Waals surface area contributed by atoms with Gasteiger partial charge in [-0.25, -0.2) is 4.99 Å². The van der Waals surface area contributed by atoms with Gasteiger partial charge < -0.3 is 10.3 Å². The van der Waals surface area contributed by atoms with Crippen molar-refractivity contribution in [3.63, 3.8) is 0 Å². The normalized spacial score (nSPS) is 18.1. The predicted octanol–water partition coefficient (Wildman–Crippen LogP) is 1.05. The Balaban J connectivity index is 2.49. The molecular weight excluding hydrogens is 164 g/mol. The quantitative estimate of drug-likeness (QED) is 0.394. The first kappa shape index (κ1) is 10.0. The molecule has 1 saturated heterocycles. The third-order valence-electron chi connectivity index (χ3n) is 1.95. The lowest BCUT2D eigenvalue weighted by Crippen LogP contribution is -2.29. The molecule has 1 aliphatic rings. The zero-order valence-electron chi connectivity index (χ0n) is 8.45. The van der Waals surface area contributed by atoms with E-state index >= 15 is 0 Å². The van der Waals surface area contributed by atoms with Crippen molar-refractivity contribution < 1.29 is 0 Å². The van der Waals surface area contributed by atoms with E-state index in [2.05, 4.69) is 27.1 Å². The second-order valence-electron chi connectivity index (χ2n) is 3.55. The number of hydrogen-bond acceptors (Lipinski definition) is 2. The van der Waals surface area contributed by atoms with Gasteiger partial charge in [0, 0.05) is 19.1 Å². The fourth-order valence-corrected chi connectivity index (χ4v) is 1.31. The van der Waals surface area contributed by atoms with Gasteiger partial charge in [-0.2, -0.15) is 0 Å². The topological polar surface area (TPSA) is 40.0 Å². The van der Waals surface area contributed by atoms with Gasteiger partial charge in [-0.15, -0.1) is 5.10 Å². The zero-order valence-corrected chi connectivity index (χ0v) is 8.45. The SMILES string of the molecule is C=N/C(=N\NC(C)C)N1CCCC1. The fraction of sp³-hybridized carbons (Fsp3) is 0.778. The summed E-state index contributed by atoms with van der Waals surface area (Å²) in [5, 5.41) is 4.19. The van der Waals surface area contributed by atoms with Crippen LogP contribution in [0.15, 0.2) is 10.1 Å². The number of hydrazone groups is 1. The molecule has 0 aromatic carbocycles. The summed E-state index contributed by atoms with van der Waals surface area (Å²) in [4.78, 5) is 6.06. The van der Waals surface area contributed by atoms with E-state index in [1.165, 1.54) is 12.8 Å². The largest absolute Gasteiger partial charge is 0.340 e. The number of hydrogen-bond donors (Lipinski definition) is 1. The maximum Gasteiger partial charge on any atom is 0.241 e. The Bertz CT molecular complexity index is 192. The number of nitrogens with one attached hydrogen (secondary N) is 1. The van der Waals surface area contributed by atoms with Crippen molar-refractivity contribution in [1.82, 2.24) is 10.3 Å². The summed E-state index contributed by atoms with van der Waals surface area (Å²) < 4.78 is 0. The van der Waals surface area contributed by atoms with Crippen LogP contribution in [0.4, 0.5) is 0 Å². The number of aliphatic imine (C=N–C) groups is 1. The van der Waals surface area contributed by atoms with Crippen molar-refractivity contribution in [2.75, 3.05) is 13.1 Å². The Morgan fingerprint density at radius 1 is 1.38 bits per heavy atom. The summed E-state index contributed by atoms with van der Waals surface area (Å²) in [7, 11) is 0. The molecule has 4 nitrogen and oxygen atoms in total. The minimum atomic E-state index is 0.347. The van der Waals surface area contributed by atoms with Crippen LogP contribution < -0.4 is 5.43 Å². The Morgan fingerprint density at radius 2 is 2.00 bits per heavy atom. The molecule has 0 spiro atoms. The molecule has 0 saturated carbocycles. The molecule has 0 radical (unpaired) electrons. The van der Waals surface area contributed by atoms with Crippen molar-refractivity contribution in [3.05, 3.63) is 0 Å². The highest BCUT2D eigenvalue weighted by molar-refractivity contribution is 5.84. The van der Waals surface area contributed by atoms with Gasteiger partial charge in [0.2, 0.25) is 5.96 Å². The molecule has 0 atom stereocenters. The Morgan fingerprint density at radius 3 is 2.46 bits per heavy atom. The van der Waals surface area contributed by atoms with Crippen molar-refractivity contribution in [1.29, 1.82) is 0 Å². The summed E-state index contributed by atoms with van der Waals surface area (Å²) in [6.45, 7) is 9.73. The standard InChI is InChI=1S/C9H18N4/c1-8(2)11-12-9(10-3)13-6-4-5-7-13/h8,11H,3-7H2,1-2H3/b12-9+. The molecule has 13 heavy (non-hydrogen) atoms. The molecular formula is C9H18N4. The van der Waals surface area contributed by atoms with E-state index in [1.807, 2.05) is 13.8 Å². The van der Waals surface area contributed by atoms with Crippen molar-refractivity contribution in [2.45, 2.75) is 32.7 Å². The van der Waals surface area contributed by atoms with Gasteiger partial charge in [-0.1, -0.05) is 0 Å². The number of nitrogens with zero attached hydrogens (tertiary/aromatic N) is 3. The van der Waals surface area contributed by atoms with Crippen LogP contribution in [0.5, 0.6) is 0 Å². The number of rotatable bonds is 2. The van der Waals surface area contributed by atoms with Crippen LogP contribution in [0.2, 0.25) is 0 Å². The number of guanidine groups is 1. The highest BCUT2D eigenvalue weighted by Crippen LogP contribution is 2.08. The van der Waals surface area contributed by atoms with Crippen LogP contribution in [-0.4, -0.2) is 36.7 Å². The van der Waals surface area contributed by atoms with E-state index in [0.717, 1.165) is 19.0 Å². The molecule has 4 heteroatoms. The highest BCUT2D eigenvalue weighted by atomic mass is 15.4. The van der Waals surface area contributed by atoms with Gasteiger partial charge in [-0.05, 0) is 33.4 Å². The second kappa shape index (κ2) is 4.84. The van der Waals surface area contributed by atoms with E-state index < -0.39 is 0 Å². The average Bonchev–Trinajstić information content (AvgIpc) is 2.58. The van der Waals surface area contributed by atoms with Crippen molar-refractivity contribution >= 4 is 12.7 Å². The van der Waals surface area contributed by atoms with Gasteiger partial charge >= 0.3 is 0 Å². The molecule has 0 aromatic heterocycles. The third-order valence-corrected chi connectivity index (χ3v) is 1.95. The second-order valence-corrected chi connectivity index (χ2v) is 3.55. The van der Waals surface area contributed by atoms with Crippen molar-refractivity contribution in [2.24, 2.45) is 10.1 Å². The minimum Gasteiger partial charge on any atom is -0.340 e. The summed E-state index contributed by atoms with van der Waals surface area (Å²) >= 11 is 0. The smallest absolute Gasteiger partial charge is 0.241 e. The monoisotopic (exact) mass is 182 g/mol. The lowest BCUT2D eigenvalue weighted by Gasteiger charge is -2.16. The highest BCUT2D eigenvalue weighted by Gasteiger charge is 2.14. The van der Waals surface area contributed by atoms with Gasteiger partial charge in [0.15, 0.2) is 0 Å². The minimum absolute atomic E-state index is 0.347. The van der Waals surface area contributed by atoms with Crippen LogP contribution in [0.1, 0.15) is 26.7 Å². The van der Waals surface area contributed by atoms with E-state index in [-0.39, 0.29) is 0 Å². The third kappa shape index (κ3) is 3.05. The fourth-order valence-electron chi connectivity index (χ4n) is 1.31. The summed E-state index contributed by atoms with van der Waals surface area (Å²) in [6.07, 6.45) is 2.46. The maximum absolute atomic E-state index is 4.19. The summed E-state index contributed by atoms with van der Waals surface area (Å²) in [5.74, 6) is 0.728. The average molecular weight is 182 g/mol. The lowest BCUT2D eigenvalue weighted by atomic mass is 10.4. The van der Waals surface area contributed by atoms with E-state index in [4.69, 9.17) is 0 Å². The van der Waals surface area contributed by atoms with E-state index in [1.54, 1.807) is 0 Å². The van der Waals surface area contributed by atoms with E-state index in [9.17, 15) is 0 Å². The van der Waals surface area contributed by atoms with Crippen LogP contribution in [0.3, 0.4) is 0 Å². The molecule has 1 rings (SSSR count). The molecule has 0 amide bonds. The molecule has 0 aliphatic carbocycles. The molecule has 1 fully saturated rings. The van der Waals surface area contributed by atoms with Crippen molar-refractivity contribution in [3.8, 4) is 0 Å². The van der Waals surface area contributed by atoms with Gasteiger partial charge in [0.1, 0.15) is 0 Å². The first-order chi connectivity index (χ1) is 6.24. The van der Waals surface area contributed by atoms with Gasteiger partial charge in [0.25, 0.3) is 0 Å². The molecule has 1 heterocycles. The molecule has 1 aliphatic heterocycles. The molecule has 0 unspecified atom stereocenters. The Kier molecular flexibility index (Phi) is 3.73. The lowest BCUT2D eigenvalue weighted by molar-refractivity contribution is 0.498. The van der Waals surface area contributed by atoms with Crippen LogP contribution in [-0.2, 0) is 0 Å². The molecule has 1 N–H and O–H groups in total. The first-order valence-electron chi connectivity index (χ1n) is 4.79. The van der Waals surface area contributed by atoms with Gasteiger partial charge in [-0.3, -0.25) is 0 Å². The predicted molar refractivity (Wildman–Crippen MR) is 56.1 cm³/mol. The van der Waals surface area contributed by atoms with Crippen LogP contribution in [0.25, 0.3) is 0 Å². The van der Waals surface area contributed by atoms with Crippen LogP contribution >= 0.6 is 0 Å². The molecule has 0 bridgehead atoms. The zero-order chi connectivity index (χ0) is 9.68. The van der Waals surface area contributed by atoms with Crippen LogP contribution in [0, 0.1) is 0 Å². The molecule has 0 aromatic rings. The summed E-state index contributed by atoms with van der Waals surface area (Å²) in [5.41, 5.74) is 2.99. The number of likely N-dealkylation sites (tertiary alicyclic amines) is 1.